The summed E-state index contributed by atoms with van der Waals surface area (Å²) in [5, 5.41) is -0.906. The normalized spacial score (nSPS) is 15.8. The average Bonchev–Trinajstić information content (AvgIpc) is 2.41. The third-order valence-corrected chi connectivity index (χ3v) is 2.43. The van der Waals surface area contributed by atoms with Crippen molar-refractivity contribution >= 4 is 28.4 Å². The van der Waals surface area contributed by atoms with E-state index in [1.54, 1.807) is 12.1 Å². The van der Waals surface area contributed by atoms with Gasteiger partial charge in [-0.25, -0.2) is 0 Å². The summed E-state index contributed by atoms with van der Waals surface area (Å²) < 4.78 is 0. The van der Waals surface area contributed by atoms with Crippen molar-refractivity contribution in [2.45, 2.75) is 0 Å². The molecule has 0 radical (unpaired) electrons. The first-order valence-electron chi connectivity index (χ1n) is 3.99. The standard InChI is InChI=1S/C10H5ClO3/c11-10(14)7-8(12)5-3-1-2-4-6(5)9(7)13/h1-4,7H. The van der Waals surface area contributed by atoms with Crippen LogP contribution in [0.15, 0.2) is 24.3 Å². The first kappa shape index (κ1) is 9.09. The molecule has 0 atom stereocenters. The highest BCUT2D eigenvalue weighted by atomic mass is 35.5. The minimum Gasteiger partial charge on any atom is -0.293 e. The molecule has 1 aromatic rings. The van der Waals surface area contributed by atoms with Crippen molar-refractivity contribution in [2.75, 3.05) is 0 Å². The molecular weight excluding hydrogens is 204 g/mol. The van der Waals surface area contributed by atoms with Crippen LogP contribution in [0.4, 0.5) is 0 Å². The Bertz CT molecular complexity index is 415. The summed E-state index contributed by atoms with van der Waals surface area (Å²) in [7, 11) is 0. The predicted octanol–water partition coefficient (Wildman–Crippen LogP) is 1.45. The molecular formula is C10H5ClO3. The molecule has 70 valence electrons. The number of carbonyl (C=O) groups is 3. The Morgan fingerprint density at radius 1 is 1.07 bits per heavy atom. The molecule has 0 aliphatic heterocycles. The molecule has 4 heteroatoms. The number of Topliss-reactive ketones (excluding diaryl/α,β-unsaturated/α-hetero) is 2. The second-order valence-electron chi connectivity index (χ2n) is 3.01. The highest BCUT2D eigenvalue weighted by Gasteiger charge is 2.42. The molecule has 0 fully saturated rings. The van der Waals surface area contributed by atoms with Crippen LogP contribution in [0.1, 0.15) is 20.7 Å². The zero-order chi connectivity index (χ0) is 10.3. The van der Waals surface area contributed by atoms with E-state index in [1.165, 1.54) is 12.1 Å². The molecule has 0 saturated carbocycles. The van der Waals surface area contributed by atoms with Crippen LogP contribution < -0.4 is 0 Å². The van der Waals surface area contributed by atoms with Gasteiger partial charge in [0.15, 0.2) is 17.5 Å². The van der Waals surface area contributed by atoms with Crippen molar-refractivity contribution in [3.8, 4) is 0 Å². The Labute approximate surface area is 84.7 Å². The summed E-state index contributed by atoms with van der Waals surface area (Å²) in [6.45, 7) is 0. The molecule has 3 nitrogen and oxygen atoms in total. The molecule has 0 heterocycles. The number of benzene rings is 1. The van der Waals surface area contributed by atoms with E-state index < -0.39 is 22.7 Å². The fraction of sp³-hybridized carbons (Fsp3) is 0.100. The minimum absolute atomic E-state index is 0.288. The molecule has 1 aromatic carbocycles. The van der Waals surface area contributed by atoms with Gasteiger partial charge in [-0.2, -0.15) is 0 Å². The van der Waals surface area contributed by atoms with E-state index in [0.29, 0.717) is 0 Å². The maximum Gasteiger partial charge on any atom is 0.240 e. The van der Waals surface area contributed by atoms with Crippen LogP contribution in [-0.4, -0.2) is 16.8 Å². The monoisotopic (exact) mass is 208 g/mol. The number of hydrogen-bond acceptors (Lipinski definition) is 3. The first-order valence-corrected chi connectivity index (χ1v) is 4.37. The summed E-state index contributed by atoms with van der Waals surface area (Å²) in [6.07, 6.45) is 0. The van der Waals surface area contributed by atoms with Crippen molar-refractivity contribution < 1.29 is 14.4 Å². The van der Waals surface area contributed by atoms with Crippen molar-refractivity contribution in [2.24, 2.45) is 5.92 Å². The maximum absolute atomic E-state index is 11.5. The number of hydrogen-bond donors (Lipinski definition) is 0. The molecule has 0 N–H and O–H groups in total. The highest BCUT2D eigenvalue weighted by Crippen LogP contribution is 2.27. The average molecular weight is 209 g/mol. The largest absolute Gasteiger partial charge is 0.293 e. The lowest BCUT2D eigenvalue weighted by atomic mass is 10.1. The summed E-state index contributed by atoms with van der Waals surface area (Å²) in [5.74, 6) is -2.31. The van der Waals surface area contributed by atoms with Crippen LogP contribution in [0, 0.1) is 5.92 Å². The van der Waals surface area contributed by atoms with E-state index in [9.17, 15) is 14.4 Å². The Hall–Kier alpha value is -1.48. The van der Waals surface area contributed by atoms with E-state index in [0.717, 1.165) is 0 Å². The smallest absolute Gasteiger partial charge is 0.240 e. The van der Waals surface area contributed by atoms with Crippen LogP contribution in [0.25, 0.3) is 0 Å². The molecule has 14 heavy (non-hydrogen) atoms. The van der Waals surface area contributed by atoms with Crippen LogP contribution >= 0.6 is 11.6 Å². The van der Waals surface area contributed by atoms with Gasteiger partial charge in [-0.15, -0.1) is 0 Å². The van der Waals surface area contributed by atoms with Crippen molar-refractivity contribution in [3.05, 3.63) is 35.4 Å². The quantitative estimate of drug-likeness (QED) is 0.519. The number of rotatable bonds is 1. The number of ketones is 2. The molecule has 0 spiro atoms. The Balaban J connectivity index is 2.59. The Morgan fingerprint density at radius 2 is 1.50 bits per heavy atom. The Kier molecular flexibility index (Phi) is 1.97. The lowest BCUT2D eigenvalue weighted by molar-refractivity contribution is -0.112. The summed E-state index contributed by atoms with van der Waals surface area (Å²) in [5.41, 5.74) is 0.577. The van der Waals surface area contributed by atoms with Crippen molar-refractivity contribution in [1.82, 2.24) is 0 Å². The third kappa shape index (κ3) is 1.09. The van der Waals surface area contributed by atoms with Gasteiger partial charge in [0, 0.05) is 11.1 Å². The fourth-order valence-electron chi connectivity index (χ4n) is 1.55. The molecule has 0 saturated heterocycles. The van der Waals surface area contributed by atoms with Gasteiger partial charge in [-0.3, -0.25) is 14.4 Å². The van der Waals surface area contributed by atoms with Gasteiger partial charge in [-0.05, 0) is 11.6 Å². The molecule has 1 aliphatic carbocycles. The molecule has 0 unspecified atom stereocenters. The van der Waals surface area contributed by atoms with E-state index in [2.05, 4.69) is 0 Å². The SMILES string of the molecule is O=C(Cl)C1C(=O)c2ccccc2C1=O. The van der Waals surface area contributed by atoms with Crippen LogP contribution in [0.5, 0.6) is 0 Å². The summed E-state index contributed by atoms with van der Waals surface area (Å²) in [4.78, 5) is 33.9. The van der Waals surface area contributed by atoms with Gasteiger partial charge in [0.2, 0.25) is 5.24 Å². The molecule has 2 rings (SSSR count). The first-order chi connectivity index (χ1) is 6.63. The number of halogens is 1. The summed E-state index contributed by atoms with van der Waals surface area (Å²) >= 11 is 5.18. The molecule has 1 aliphatic rings. The highest BCUT2D eigenvalue weighted by molar-refractivity contribution is 6.69. The van der Waals surface area contributed by atoms with Gasteiger partial charge in [0.05, 0.1) is 0 Å². The van der Waals surface area contributed by atoms with Crippen molar-refractivity contribution in [3.63, 3.8) is 0 Å². The van der Waals surface area contributed by atoms with Gasteiger partial charge in [0.25, 0.3) is 0 Å². The van der Waals surface area contributed by atoms with Gasteiger partial charge in [0.1, 0.15) is 0 Å². The molecule has 0 aromatic heterocycles. The topological polar surface area (TPSA) is 51.2 Å². The summed E-state index contributed by atoms with van der Waals surface area (Å²) in [6, 6.07) is 6.33. The van der Waals surface area contributed by atoms with Crippen molar-refractivity contribution in [1.29, 1.82) is 0 Å². The molecule has 0 bridgehead atoms. The zero-order valence-corrected chi connectivity index (χ0v) is 7.75. The minimum atomic E-state index is -1.32. The van der Waals surface area contributed by atoms with Gasteiger partial charge < -0.3 is 0 Å². The Morgan fingerprint density at radius 3 is 1.86 bits per heavy atom. The number of carbonyl (C=O) groups excluding carboxylic acids is 3. The van der Waals surface area contributed by atoms with Gasteiger partial charge in [-0.1, -0.05) is 24.3 Å². The van der Waals surface area contributed by atoms with E-state index in [4.69, 9.17) is 11.6 Å². The van der Waals surface area contributed by atoms with Crippen LogP contribution in [-0.2, 0) is 4.79 Å². The second-order valence-corrected chi connectivity index (χ2v) is 3.38. The second kappa shape index (κ2) is 3.03. The fourth-order valence-corrected chi connectivity index (χ4v) is 1.75. The maximum atomic E-state index is 11.5. The number of fused-ring (bicyclic) bond motifs is 1. The predicted molar refractivity (Wildman–Crippen MR) is 49.5 cm³/mol. The lowest BCUT2D eigenvalue weighted by Crippen LogP contribution is -2.21. The van der Waals surface area contributed by atoms with E-state index in [1.807, 2.05) is 0 Å². The van der Waals surface area contributed by atoms with E-state index in [-0.39, 0.29) is 11.1 Å². The van der Waals surface area contributed by atoms with Gasteiger partial charge >= 0.3 is 0 Å². The zero-order valence-electron chi connectivity index (χ0n) is 6.99. The van der Waals surface area contributed by atoms with E-state index >= 15 is 0 Å². The van der Waals surface area contributed by atoms with Crippen LogP contribution in [0.3, 0.4) is 0 Å². The molecule has 0 amide bonds. The van der Waals surface area contributed by atoms with Crippen LogP contribution in [0.2, 0.25) is 0 Å². The lowest BCUT2D eigenvalue weighted by Gasteiger charge is -1.96. The third-order valence-electron chi connectivity index (χ3n) is 2.21.